The highest BCUT2D eigenvalue weighted by molar-refractivity contribution is 7.25. The number of para-hydroxylation sites is 1. The van der Waals surface area contributed by atoms with Gasteiger partial charge in [0.15, 0.2) is 11.6 Å². The lowest BCUT2D eigenvalue weighted by Crippen LogP contribution is -2.00. The molecule has 0 fully saturated rings. The Bertz CT molecular complexity index is 8310. The molecule has 0 aliphatic rings. The van der Waals surface area contributed by atoms with Gasteiger partial charge in [0.2, 0.25) is 0 Å². The molecule has 0 atom stereocenters. The van der Waals surface area contributed by atoms with Gasteiger partial charge in [0.25, 0.3) is 0 Å². The van der Waals surface area contributed by atoms with Gasteiger partial charge in [0.1, 0.15) is 6.07 Å². The molecule has 19 aromatic carbocycles. The molecule has 7 nitrogen and oxygen atoms in total. The van der Waals surface area contributed by atoms with Crippen LogP contribution in [0.4, 0.5) is 0 Å². The van der Waals surface area contributed by atoms with Crippen LogP contribution in [0.15, 0.2) is 419 Å². The van der Waals surface area contributed by atoms with Gasteiger partial charge >= 0.3 is 0 Å². The van der Waals surface area contributed by atoms with Crippen molar-refractivity contribution in [3.05, 3.63) is 424 Å². The van der Waals surface area contributed by atoms with E-state index in [4.69, 9.17) is 19.9 Å². The number of rotatable bonds is 11. The third-order valence-electron chi connectivity index (χ3n) is 24.0. The van der Waals surface area contributed by atoms with Crippen LogP contribution in [0, 0.1) is 11.3 Å². The Kier molecular flexibility index (Phi) is 17.0. The maximum Gasteiger partial charge on any atom is 0.160 e. The van der Waals surface area contributed by atoms with Crippen molar-refractivity contribution in [2.45, 2.75) is 0 Å². The fourth-order valence-corrected chi connectivity index (χ4v) is 19.3. The Morgan fingerprint density at radius 2 is 0.719 bits per heavy atom. The minimum Gasteiger partial charge on any atom is -0.309 e. The summed E-state index contributed by atoms with van der Waals surface area (Å²) in [6.45, 7) is 0. The van der Waals surface area contributed by atoms with Gasteiger partial charge in [-0.3, -0.25) is 0 Å². The predicted octanol–water partition coefficient (Wildman–Crippen LogP) is 30.2. The number of hydrogen-bond acceptors (Lipinski definition) is 6. The van der Waals surface area contributed by atoms with E-state index < -0.39 is 0 Å². The first kappa shape index (κ1) is 70.4. The molecule has 0 amide bonds. The summed E-state index contributed by atoms with van der Waals surface area (Å²) in [5.41, 5.74) is 26.0. The fraction of sp³-hybridized carbons (Fsp3) is 0. The van der Waals surface area contributed by atoms with Crippen molar-refractivity contribution in [3.63, 3.8) is 0 Å². The molecule has 0 N–H and O–H groups in total. The van der Waals surface area contributed by atoms with Crippen molar-refractivity contribution in [1.29, 1.82) is 5.26 Å². The predicted molar refractivity (Wildman–Crippen MR) is 507 cm³/mol. The lowest BCUT2D eigenvalue weighted by molar-refractivity contribution is 1.17. The number of benzene rings is 19. The molecule has 24 rings (SSSR count). The third kappa shape index (κ3) is 12.3. The molecule has 121 heavy (non-hydrogen) atoms. The van der Waals surface area contributed by atoms with Crippen LogP contribution in [-0.4, -0.2) is 29.1 Å². The van der Waals surface area contributed by atoms with Crippen molar-refractivity contribution in [1.82, 2.24) is 29.1 Å². The summed E-state index contributed by atoms with van der Waals surface area (Å²) in [5, 5.41) is 27.1. The quantitative estimate of drug-likeness (QED) is 0.129. The minimum absolute atomic E-state index is 0.572. The number of thiophene rings is 1. The summed E-state index contributed by atoms with van der Waals surface area (Å²) in [5.74, 6) is 1.34. The van der Waals surface area contributed by atoms with Gasteiger partial charge in [0.05, 0.1) is 55.7 Å². The minimum atomic E-state index is 0.572. The van der Waals surface area contributed by atoms with Crippen LogP contribution in [0.25, 0.3) is 230 Å². The normalized spacial score (nSPS) is 11.6. The smallest absolute Gasteiger partial charge is 0.160 e. The molecular formula is C113H69N7S. The highest BCUT2D eigenvalue weighted by Crippen LogP contribution is 2.46. The van der Waals surface area contributed by atoms with E-state index in [-0.39, 0.29) is 0 Å². The van der Waals surface area contributed by atoms with Gasteiger partial charge in [-0.05, 0) is 197 Å². The van der Waals surface area contributed by atoms with Crippen LogP contribution >= 0.6 is 11.3 Å². The van der Waals surface area contributed by atoms with E-state index in [1.54, 1.807) is 11.3 Å². The first-order valence-corrected chi connectivity index (χ1v) is 41.7. The zero-order valence-electron chi connectivity index (χ0n) is 65.4. The summed E-state index contributed by atoms with van der Waals surface area (Å²) in [6.07, 6.45) is 0. The molecule has 5 aromatic heterocycles. The van der Waals surface area contributed by atoms with Gasteiger partial charge in [-0.15, -0.1) is 11.3 Å². The lowest BCUT2D eigenvalue weighted by atomic mass is 9.91. The molecule has 562 valence electrons. The second kappa shape index (κ2) is 29.3. The van der Waals surface area contributed by atoms with Crippen LogP contribution in [0.1, 0.15) is 5.56 Å². The molecule has 0 spiro atoms. The number of hydrogen-bond donors (Lipinski definition) is 0. The van der Waals surface area contributed by atoms with Crippen molar-refractivity contribution in [3.8, 4) is 118 Å². The van der Waals surface area contributed by atoms with E-state index >= 15 is 0 Å². The third-order valence-corrected chi connectivity index (χ3v) is 25.1. The first-order valence-electron chi connectivity index (χ1n) is 40.9. The van der Waals surface area contributed by atoms with Crippen molar-refractivity contribution >= 4 is 129 Å². The number of nitrogens with zero attached hydrogens (tertiary/aromatic N) is 7. The largest absolute Gasteiger partial charge is 0.309 e. The standard InChI is InChI=1S/C64H41N3.C49H28N4S/c1-4-16-42(17-5-1)43-30-32-47(33-31-43)53-27-15-29-60-62(53)58-38-49-23-10-11-24-50(49)39-61(58)67(60)51-36-34-48(35-37-51)64-65-59-41-56(46-20-8-3-9-21-46)55(45-18-6-2-7-19-45)40-57(59)63(66-64)54-28-14-25-44-22-12-13-26-52(44)54;50-29-36-24-34(48-39-15-6-8-16-42(39)51-49(52-48)35-18-21-38-37-14-7-9-17-46(37)54-47(38)28-35)20-22-43(36)53-44-23-19-33(30-10-2-1-3-11-30)26-40(44)41-25-31-12-4-5-13-32(31)27-45(41)53/h1-41H;1-28H. The van der Waals surface area contributed by atoms with Crippen molar-refractivity contribution < 1.29 is 0 Å². The molecule has 0 radical (unpaired) electrons. The van der Waals surface area contributed by atoms with E-state index in [2.05, 4.69) is 403 Å². The van der Waals surface area contributed by atoms with Gasteiger partial charge in [-0.1, -0.05) is 309 Å². The first-order chi connectivity index (χ1) is 59.9. The van der Waals surface area contributed by atoms with Crippen LogP contribution in [0.5, 0.6) is 0 Å². The monoisotopic (exact) mass is 1560 g/mol. The molecule has 8 heteroatoms. The summed E-state index contributed by atoms with van der Waals surface area (Å²) < 4.78 is 7.14. The number of fused-ring (bicyclic) bond motifs is 14. The Morgan fingerprint density at radius 3 is 1.43 bits per heavy atom. The van der Waals surface area contributed by atoms with Gasteiger partial charge in [-0.2, -0.15) is 5.26 Å². The van der Waals surface area contributed by atoms with Crippen molar-refractivity contribution in [2.24, 2.45) is 0 Å². The highest BCUT2D eigenvalue weighted by Gasteiger charge is 2.24. The molecular weight excluding hydrogens is 1490 g/mol. The summed E-state index contributed by atoms with van der Waals surface area (Å²) in [6, 6.07) is 151. The van der Waals surface area contributed by atoms with Gasteiger partial charge in [-0.25, -0.2) is 19.9 Å². The number of nitriles is 1. The Hall–Kier alpha value is -16.1. The molecule has 0 aliphatic heterocycles. The summed E-state index contributed by atoms with van der Waals surface area (Å²) in [4.78, 5) is 21.2. The topological polar surface area (TPSA) is 85.2 Å². The molecule has 0 saturated heterocycles. The second-order valence-electron chi connectivity index (χ2n) is 31.0. The maximum absolute atomic E-state index is 10.8. The van der Waals surface area contributed by atoms with E-state index in [1.807, 2.05) is 30.3 Å². The van der Waals surface area contributed by atoms with E-state index in [0.29, 0.717) is 17.2 Å². The molecule has 0 bridgehead atoms. The molecule has 0 saturated carbocycles. The molecule has 0 aliphatic carbocycles. The van der Waals surface area contributed by atoms with E-state index in [9.17, 15) is 5.26 Å². The zero-order valence-corrected chi connectivity index (χ0v) is 66.2. The second-order valence-corrected chi connectivity index (χ2v) is 32.1. The van der Waals surface area contributed by atoms with Gasteiger partial charge in [0, 0.05) is 80.4 Å². The van der Waals surface area contributed by atoms with Crippen LogP contribution in [0.2, 0.25) is 0 Å². The molecule has 0 unspecified atom stereocenters. The molecule has 24 aromatic rings. The zero-order chi connectivity index (χ0) is 80.0. The maximum atomic E-state index is 10.8. The van der Waals surface area contributed by atoms with E-state index in [0.717, 1.165) is 138 Å². The Balaban J connectivity index is 0.000000144. The summed E-state index contributed by atoms with van der Waals surface area (Å²) in [7, 11) is 0. The highest BCUT2D eigenvalue weighted by atomic mass is 32.1. The lowest BCUT2D eigenvalue weighted by Gasteiger charge is -2.16. The Labute approximate surface area is 701 Å². The Morgan fingerprint density at radius 1 is 0.231 bits per heavy atom. The summed E-state index contributed by atoms with van der Waals surface area (Å²) >= 11 is 1.79. The fourth-order valence-electron chi connectivity index (χ4n) is 18.2. The van der Waals surface area contributed by atoms with E-state index in [1.165, 1.54) is 80.3 Å². The average Bonchev–Trinajstić information content (AvgIpc) is 1.72. The van der Waals surface area contributed by atoms with Crippen LogP contribution in [-0.2, 0) is 0 Å². The average molecular weight is 1560 g/mol. The number of aromatic nitrogens is 6. The van der Waals surface area contributed by atoms with Crippen LogP contribution < -0.4 is 0 Å². The van der Waals surface area contributed by atoms with Crippen molar-refractivity contribution in [2.75, 3.05) is 0 Å². The van der Waals surface area contributed by atoms with Crippen LogP contribution in [0.3, 0.4) is 0 Å². The molecule has 5 heterocycles. The van der Waals surface area contributed by atoms with Gasteiger partial charge < -0.3 is 9.13 Å². The SMILES string of the molecule is N#Cc1cc(-c2nc(-c3ccc4c(c3)sc3ccccc34)nc3ccccc23)ccc1-n1c2ccc(-c3ccccc3)cc2c2cc3ccccc3cc21.c1ccc(-c2ccc(-c3cccc4c3c3cc5ccccc5cc3n4-c3ccc(-c4nc(-c5cccc6ccccc56)c5cc(-c6ccccc6)c(-c6ccccc6)cc5n4)cc3)cc2)cc1.